The molecule has 0 saturated heterocycles. The maximum Gasteiger partial charge on any atom is 0.439 e. The van der Waals surface area contributed by atoms with Gasteiger partial charge in [-0.1, -0.05) is 45.4 Å². The molecule has 0 spiro atoms. The molecule has 1 saturated carbocycles. The normalized spacial score (nSPS) is 14.9. The Morgan fingerprint density at radius 3 is 2.60 bits per heavy atom. The molecule has 1 aliphatic rings. The van der Waals surface area contributed by atoms with Crippen molar-refractivity contribution in [1.82, 2.24) is 10.1 Å². The zero-order chi connectivity index (χ0) is 17.4. The molecule has 7 heteroatoms. The quantitative estimate of drug-likeness (QED) is 0.702. The third-order valence-corrected chi connectivity index (χ3v) is 4.94. The van der Waals surface area contributed by atoms with Crippen LogP contribution in [0.5, 0.6) is 0 Å². The monoisotopic (exact) mass is 399 g/mol. The fraction of sp³-hybridized carbons (Fsp3) is 0.167. The lowest BCUT2D eigenvalue weighted by Crippen LogP contribution is -2.27. The largest absolute Gasteiger partial charge is 0.439 e. The number of benzene rings is 2. The second-order valence-electron chi connectivity index (χ2n) is 6.07. The van der Waals surface area contributed by atoms with Gasteiger partial charge in [0, 0.05) is 15.7 Å². The molecule has 1 aromatic heterocycles. The molecule has 1 heterocycles. The van der Waals surface area contributed by atoms with E-state index in [1.54, 1.807) is 24.3 Å². The number of hydrogen-bond donors (Lipinski definition) is 2. The van der Waals surface area contributed by atoms with E-state index in [2.05, 4.69) is 35.9 Å². The fourth-order valence-electron chi connectivity index (χ4n) is 2.89. The minimum Gasteiger partial charge on any atom is -0.325 e. The van der Waals surface area contributed by atoms with Crippen LogP contribution >= 0.6 is 15.9 Å². The molecule has 1 aliphatic carbocycles. The van der Waals surface area contributed by atoms with Crippen LogP contribution < -0.4 is 11.1 Å². The number of nitrogens with one attached hydrogen (secondary N) is 2. The van der Waals surface area contributed by atoms with Crippen molar-refractivity contribution in [2.24, 2.45) is 0 Å². The lowest BCUT2D eigenvalue weighted by Gasteiger charge is -2.16. The maximum absolute atomic E-state index is 12.8. The molecule has 0 radical (unpaired) electrons. The first-order chi connectivity index (χ1) is 12.1. The van der Waals surface area contributed by atoms with E-state index in [-0.39, 0.29) is 5.91 Å². The summed E-state index contributed by atoms with van der Waals surface area (Å²) in [5.41, 5.74) is 1.87. The van der Waals surface area contributed by atoms with Crippen LogP contribution in [-0.4, -0.2) is 16.0 Å². The van der Waals surface area contributed by atoms with Crippen molar-refractivity contribution in [1.29, 1.82) is 0 Å². The topological polar surface area (TPSA) is 88.0 Å². The number of aromatic nitrogens is 2. The number of nitrogens with zero attached hydrogens (tertiary/aromatic N) is 1. The average Bonchev–Trinajstić information content (AvgIpc) is 3.31. The van der Waals surface area contributed by atoms with Gasteiger partial charge in [-0.3, -0.25) is 14.3 Å². The maximum atomic E-state index is 12.8. The predicted molar refractivity (Wildman–Crippen MR) is 96.2 cm³/mol. The molecule has 0 unspecified atom stereocenters. The van der Waals surface area contributed by atoms with Gasteiger partial charge in [0.2, 0.25) is 5.91 Å². The smallest absolute Gasteiger partial charge is 0.325 e. The first-order valence-corrected chi connectivity index (χ1v) is 8.60. The van der Waals surface area contributed by atoms with Crippen molar-refractivity contribution in [2.45, 2.75) is 18.3 Å². The number of H-pyrrole nitrogens is 1. The number of hydrogen-bond acceptors (Lipinski definition) is 4. The number of amides is 1. The molecule has 25 heavy (non-hydrogen) atoms. The highest BCUT2D eigenvalue weighted by Gasteiger charge is 2.51. The summed E-state index contributed by atoms with van der Waals surface area (Å²) in [6.07, 6.45) is 1.66. The number of anilines is 1. The molecule has 1 amide bonds. The van der Waals surface area contributed by atoms with Gasteiger partial charge in [0.25, 0.3) is 0 Å². The lowest BCUT2D eigenvalue weighted by molar-refractivity contribution is -0.118. The first-order valence-electron chi connectivity index (χ1n) is 7.81. The third kappa shape index (κ3) is 3.02. The molecule has 6 nitrogen and oxygen atoms in total. The van der Waals surface area contributed by atoms with Gasteiger partial charge in [0.1, 0.15) is 0 Å². The van der Waals surface area contributed by atoms with Gasteiger partial charge >= 0.3 is 5.76 Å². The number of carbonyl (C=O) groups excluding carboxylic acids is 1. The van der Waals surface area contributed by atoms with Crippen LogP contribution in [0.15, 0.2) is 62.3 Å². The summed E-state index contributed by atoms with van der Waals surface area (Å²) < 4.78 is 5.51. The lowest BCUT2D eigenvalue weighted by atomic mass is 9.95. The average molecular weight is 400 g/mol. The Kier molecular flexibility index (Phi) is 3.80. The highest BCUT2D eigenvalue weighted by Crippen LogP contribution is 2.49. The van der Waals surface area contributed by atoms with Crippen LogP contribution in [0, 0.1) is 0 Å². The zero-order valence-corrected chi connectivity index (χ0v) is 14.7. The van der Waals surface area contributed by atoms with Gasteiger partial charge in [-0.2, -0.15) is 0 Å². The Morgan fingerprint density at radius 2 is 1.96 bits per heavy atom. The summed E-state index contributed by atoms with van der Waals surface area (Å²) in [6, 6.07) is 15.0. The van der Waals surface area contributed by atoms with Gasteiger partial charge in [0.05, 0.1) is 5.41 Å². The van der Waals surface area contributed by atoms with Gasteiger partial charge < -0.3 is 5.32 Å². The van der Waals surface area contributed by atoms with E-state index in [1.165, 1.54) is 0 Å². The van der Waals surface area contributed by atoms with E-state index in [0.717, 1.165) is 22.9 Å². The number of aromatic amines is 1. The van der Waals surface area contributed by atoms with Crippen LogP contribution in [0.3, 0.4) is 0 Å². The highest BCUT2D eigenvalue weighted by atomic mass is 79.9. The summed E-state index contributed by atoms with van der Waals surface area (Å²) >= 11 is 3.42. The molecule has 126 valence electrons. The Bertz CT molecular complexity index is 987. The third-order valence-electron chi connectivity index (χ3n) is 4.42. The van der Waals surface area contributed by atoms with Gasteiger partial charge in [-0.05, 0) is 42.7 Å². The van der Waals surface area contributed by atoms with Crippen molar-refractivity contribution in [3.8, 4) is 11.4 Å². The second kappa shape index (κ2) is 6.00. The summed E-state index contributed by atoms with van der Waals surface area (Å²) in [5, 5.41) is 6.64. The van der Waals surface area contributed by atoms with Crippen LogP contribution in [0.2, 0.25) is 0 Å². The SMILES string of the molecule is O=C(Nc1cccc(-c2noc(=O)[nH]2)c1)C1(c2ccc(Br)cc2)CC1. The number of carbonyl (C=O) groups is 1. The molecule has 0 aliphatic heterocycles. The minimum absolute atomic E-state index is 0.0272. The molecule has 0 atom stereocenters. The molecular weight excluding hydrogens is 386 g/mol. The summed E-state index contributed by atoms with van der Waals surface area (Å²) in [4.78, 5) is 26.4. The van der Waals surface area contributed by atoms with Gasteiger partial charge in [-0.25, -0.2) is 4.79 Å². The van der Waals surface area contributed by atoms with E-state index in [0.29, 0.717) is 17.1 Å². The van der Waals surface area contributed by atoms with Crippen LogP contribution in [-0.2, 0) is 10.2 Å². The predicted octanol–water partition coefficient (Wildman–Crippen LogP) is 3.46. The summed E-state index contributed by atoms with van der Waals surface area (Å²) in [6.45, 7) is 0. The zero-order valence-electron chi connectivity index (χ0n) is 13.1. The summed E-state index contributed by atoms with van der Waals surface area (Å²) in [7, 11) is 0. The van der Waals surface area contributed by atoms with E-state index < -0.39 is 11.2 Å². The van der Waals surface area contributed by atoms with Gasteiger partial charge in [0.15, 0.2) is 5.82 Å². The Balaban J connectivity index is 1.57. The van der Waals surface area contributed by atoms with Crippen molar-refractivity contribution in [3.63, 3.8) is 0 Å². The van der Waals surface area contributed by atoms with E-state index in [1.807, 2.05) is 24.3 Å². The Morgan fingerprint density at radius 1 is 1.20 bits per heavy atom. The molecule has 0 bridgehead atoms. The van der Waals surface area contributed by atoms with Gasteiger partial charge in [-0.15, -0.1) is 0 Å². The van der Waals surface area contributed by atoms with E-state index in [9.17, 15) is 9.59 Å². The fourth-order valence-corrected chi connectivity index (χ4v) is 3.15. The Hall–Kier alpha value is -2.67. The number of halogens is 1. The minimum atomic E-state index is -0.614. The Labute approximate surface area is 151 Å². The molecule has 1 fully saturated rings. The highest BCUT2D eigenvalue weighted by molar-refractivity contribution is 9.10. The molecular formula is C18H14BrN3O3. The molecule has 2 aromatic carbocycles. The van der Waals surface area contributed by atoms with Crippen LogP contribution in [0.4, 0.5) is 5.69 Å². The standard InChI is InChI=1S/C18H14BrN3O3/c19-13-6-4-12(5-7-13)18(8-9-18)16(23)20-14-3-1-2-11(10-14)15-21-17(24)25-22-15/h1-7,10H,8-9H2,(H,20,23)(H,21,22,24). The van der Waals surface area contributed by atoms with Crippen LogP contribution in [0.1, 0.15) is 18.4 Å². The van der Waals surface area contributed by atoms with E-state index >= 15 is 0 Å². The molecule has 4 rings (SSSR count). The van der Waals surface area contributed by atoms with Crippen molar-refractivity contribution >= 4 is 27.5 Å². The van der Waals surface area contributed by atoms with Crippen molar-refractivity contribution in [3.05, 3.63) is 69.1 Å². The van der Waals surface area contributed by atoms with Crippen LogP contribution in [0.25, 0.3) is 11.4 Å². The molecule has 3 aromatic rings. The van der Waals surface area contributed by atoms with Crippen molar-refractivity contribution in [2.75, 3.05) is 5.32 Å². The van der Waals surface area contributed by atoms with Crippen molar-refractivity contribution < 1.29 is 9.32 Å². The first kappa shape index (κ1) is 15.8. The second-order valence-corrected chi connectivity index (χ2v) is 6.98. The number of rotatable bonds is 4. The van der Waals surface area contributed by atoms with E-state index in [4.69, 9.17) is 0 Å². The summed E-state index contributed by atoms with van der Waals surface area (Å²) in [5.74, 6) is -0.313. The molecule has 2 N–H and O–H groups in total.